The molecule has 0 fully saturated rings. The topological polar surface area (TPSA) is 38.3 Å². The first-order chi connectivity index (χ1) is 10.4. The van der Waals surface area contributed by atoms with E-state index in [0.717, 1.165) is 17.7 Å². The molecule has 0 saturated heterocycles. The molecule has 2 aromatic rings. The van der Waals surface area contributed by atoms with Crippen LogP contribution in [0, 0.1) is 3.57 Å². The van der Waals surface area contributed by atoms with Crippen molar-refractivity contribution in [3.63, 3.8) is 0 Å². The summed E-state index contributed by atoms with van der Waals surface area (Å²) in [5.41, 5.74) is 0.0242. The Kier molecular flexibility index (Phi) is 5.28. The van der Waals surface area contributed by atoms with Crippen LogP contribution in [0.15, 0.2) is 48.5 Å². The highest BCUT2D eigenvalue weighted by Crippen LogP contribution is 2.32. The number of amides is 1. The first-order valence-electron chi connectivity index (χ1n) is 6.21. The molecule has 0 aliphatic rings. The number of hydrogen-bond donors (Lipinski definition) is 1. The highest BCUT2D eigenvalue weighted by Gasteiger charge is 2.31. The molecular formula is C15H11F3INO2. The normalized spacial score (nSPS) is 11.1. The van der Waals surface area contributed by atoms with Crippen LogP contribution in [-0.4, -0.2) is 6.09 Å². The van der Waals surface area contributed by atoms with Crippen molar-refractivity contribution in [2.24, 2.45) is 0 Å². The molecule has 0 aliphatic carbocycles. The number of carbonyl (C=O) groups is 1. The third-order valence-corrected chi connectivity index (χ3v) is 3.68. The Morgan fingerprint density at radius 3 is 2.45 bits per heavy atom. The number of halogens is 4. The monoisotopic (exact) mass is 421 g/mol. The average Bonchev–Trinajstić information content (AvgIpc) is 2.47. The average molecular weight is 421 g/mol. The predicted octanol–water partition coefficient (Wildman–Crippen LogP) is 5.06. The van der Waals surface area contributed by atoms with E-state index in [-0.39, 0.29) is 12.3 Å². The van der Waals surface area contributed by atoms with Crippen LogP contribution >= 0.6 is 22.6 Å². The molecule has 1 amide bonds. The van der Waals surface area contributed by atoms with Gasteiger partial charge in [0.25, 0.3) is 0 Å². The quantitative estimate of drug-likeness (QED) is 0.704. The van der Waals surface area contributed by atoms with Gasteiger partial charge < -0.3 is 4.74 Å². The molecule has 0 unspecified atom stereocenters. The van der Waals surface area contributed by atoms with Gasteiger partial charge in [0, 0.05) is 3.57 Å². The first-order valence-corrected chi connectivity index (χ1v) is 7.28. The molecule has 0 heterocycles. The van der Waals surface area contributed by atoms with Gasteiger partial charge in [-0.05, 0) is 46.4 Å². The number of alkyl halides is 3. The third kappa shape index (κ3) is 4.62. The fourth-order valence-electron chi connectivity index (χ4n) is 1.67. The summed E-state index contributed by atoms with van der Waals surface area (Å²) in [6.45, 7) is 0.0439. The van der Waals surface area contributed by atoms with Crippen molar-refractivity contribution in [1.29, 1.82) is 0 Å². The SMILES string of the molecule is O=C(Nc1cc(C(F)(F)F)ccc1I)OCc1ccccc1. The molecule has 22 heavy (non-hydrogen) atoms. The lowest BCUT2D eigenvalue weighted by atomic mass is 10.2. The number of nitrogens with one attached hydrogen (secondary N) is 1. The van der Waals surface area contributed by atoms with E-state index in [0.29, 0.717) is 3.57 Å². The fraction of sp³-hybridized carbons (Fsp3) is 0.133. The molecule has 0 aliphatic heterocycles. The predicted molar refractivity (Wildman–Crippen MR) is 84.4 cm³/mol. The minimum Gasteiger partial charge on any atom is -0.444 e. The zero-order chi connectivity index (χ0) is 16.2. The van der Waals surface area contributed by atoms with Gasteiger partial charge in [-0.2, -0.15) is 13.2 Å². The number of carbonyl (C=O) groups excluding carboxylic acids is 1. The highest BCUT2D eigenvalue weighted by molar-refractivity contribution is 14.1. The molecule has 2 rings (SSSR count). The van der Waals surface area contributed by atoms with Gasteiger partial charge in [-0.3, -0.25) is 5.32 Å². The zero-order valence-corrected chi connectivity index (χ0v) is 13.3. The van der Waals surface area contributed by atoms with Gasteiger partial charge in [0.05, 0.1) is 11.3 Å². The number of rotatable bonds is 3. The van der Waals surface area contributed by atoms with E-state index >= 15 is 0 Å². The van der Waals surface area contributed by atoms with Crippen molar-refractivity contribution in [2.75, 3.05) is 5.32 Å². The molecule has 0 aromatic heterocycles. The van der Waals surface area contributed by atoms with Gasteiger partial charge >= 0.3 is 12.3 Å². The summed E-state index contributed by atoms with van der Waals surface area (Å²) < 4.78 is 43.4. The number of hydrogen-bond acceptors (Lipinski definition) is 2. The molecule has 0 spiro atoms. The lowest BCUT2D eigenvalue weighted by molar-refractivity contribution is -0.137. The van der Waals surface area contributed by atoms with Gasteiger partial charge in [0.2, 0.25) is 0 Å². The van der Waals surface area contributed by atoms with Crippen LogP contribution in [-0.2, 0) is 17.5 Å². The van der Waals surface area contributed by atoms with E-state index in [2.05, 4.69) is 5.32 Å². The zero-order valence-electron chi connectivity index (χ0n) is 11.2. The van der Waals surface area contributed by atoms with Crippen LogP contribution in [0.5, 0.6) is 0 Å². The fourth-order valence-corrected chi connectivity index (χ4v) is 2.14. The number of anilines is 1. The molecule has 0 saturated carbocycles. The van der Waals surface area contributed by atoms with E-state index in [1.54, 1.807) is 24.3 Å². The third-order valence-electron chi connectivity index (χ3n) is 2.74. The molecule has 0 bridgehead atoms. The molecule has 0 radical (unpaired) electrons. The Morgan fingerprint density at radius 2 is 1.82 bits per heavy atom. The molecular weight excluding hydrogens is 410 g/mol. The van der Waals surface area contributed by atoms with Crippen LogP contribution in [0.4, 0.5) is 23.7 Å². The van der Waals surface area contributed by atoms with E-state index in [1.165, 1.54) is 6.07 Å². The summed E-state index contributed by atoms with van der Waals surface area (Å²) in [4.78, 5) is 11.7. The molecule has 2 aromatic carbocycles. The summed E-state index contributed by atoms with van der Waals surface area (Å²) >= 11 is 1.84. The van der Waals surface area contributed by atoms with E-state index in [4.69, 9.17) is 4.74 Å². The molecule has 3 nitrogen and oxygen atoms in total. The van der Waals surface area contributed by atoms with Gasteiger partial charge in [0.1, 0.15) is 6.61 Å². The van der Waals surface area contributed by atoms with Crippen LogP contribution in [0.2, 0.25) is 0 Å². The van der Waals surface area contributed by atoms with Crippen molar-refractivity contribution in [2.45, 2.75) is 12.8 Å². The molecule has 116 valence electrons. The lowest BCUT2D eigenvalue weighted by Gasteiger charge is -2.12. The first kappa shape index (κ1) is 16.6. The van der Waals surface area contributed by atoms with Crippen molar-refractivity contribution in [1.82, 2.24) is 0 Å². The Bertz CT molecular complexity index is 660. The van der Waals surface area contributed by atoms with Crippen molar-refractivity contribution >= 4 is 34.4 Å². The van der Waals surface area contributed by atoms with Crippen LogP contribution in [0.3, 0.4) is 0 Å². The largest absolute Gasteiger partial charge is 0.444 e. The maximum Gasteiger partial charge on any atom is 0.416 e. The molecule has 1 N–H and O–H groups in total. The van der Waals surface area contributed by atoms with Gasteiger partial charge in [-0.25, -0.2) is 4.79 Å². The highest BCUT2D eigenvalue weighted by atomic mass is 127. The minimum absolute atomic E-state index is 0.0439. The summed E-state index contributed by atoms with van der Waals surface area (Å²) in [6, 6.07) is 12.1. The van der Waals surface area contributed by atoms with Crippen molar-refractivity contribution < 1.29 is 22.7 Å². The van der Waals surface area contributed by atoms with Crippen LogP contribution < -0.4 is 5.32 Å². The maximum absolute atomic E-state index is 12.7. The Balaban J connectivity index is 2.02. The van der Waals surface area contributed by atoms with E-state index in [1.807, 2.05) is 28.7 Å². The summed E-state index contributed by atoms with van der Waals surface area (Å²) in [5.74, 6) is 0. The Hall–Kier alpha value is -1.77. The van der Waals surface area contributed by atoms with Gasteiger partial charge in [-0.1, -0.05) is 30.3 Å². The summed E-state index contributed by atoms with van der Waals surface area (Å²) in [6.07, 6.45) is -5.27. The summed E-state index contributed by atoms with van der Waals surface area (Å²) in [5, 5.41) is 2.32. The second-order valence-electron chi connectivity index (χ2n) is 4.38. The standard InChI is InChI=1S/C15H11F3INO2/c16-15(17,18)11-6-7-12(19)13(8-11)20-14(21)22-9-10-4-2-1-3-5-10/h1-8H,9H2,(H,20,21). The second kappa shape index (κ2) is 6.99. The van der Waals surface area contributed by atoms with Gasteiger partial charge in [0.15, 0.2) is 0 Å². The smallest absolute Gasteiger partial charge is 0.416 e. The summed E-state index contributed by atoms with van der Waals surface area (Å²) in [7, 11) is 0. The minimum atomic E-state index is -4.46. The van der Waals surface area contributed by atoms with Crippen molar-refractivity contribution in [3.8, 4) is 0 Å². The number of ether oxygens (including phenoxy) is 1. The van der Waals surface area contributed by atoms with E-state index < -0.39 is 17.8 Å². The van der Waals surface area contributed by atoms with E-state index in [9.17, 15) is 18.0 Å². The van der Waals surface area contributed by atoms with Crippen molar-refractivity contribution in [3.05, 3.63) is 63.2 Å². The Labute approximate surface area is 138 Å². The van der Waals surface area contributed by atoms with Gasteiger partial charge in [-0.15, -0.1) is 0 Å². The van der Waals surface area contributed by atoms with Crippen LogP contribution in [0.1, 0.15) is 11.1 Å². The molecule has 0 atom stereocenters. The lowest BCUT2D eigenvalue weighted by Crippen LogP contribution is -2.15. The molecule has 7 heteroatoms. The Morgan fingerprint density at radius 1 is 1.14 bits per heavy atom. The second-order valence-corrected chi connectivity index (χ2v) is 5.54. The van der Waals surface area contributed by atoms with Crippen LogP contribution in [0.25, 0.3) is 0 Å². The maximum atomic E-state index is 12.7. The number of benzene rings is 2.